The zero-order valence-corrected chi connectivity index (χ0v) is 20.0. The molecule has 2 heterocycles. The van der Waals surface area contributed by atoms with Gasteiger partial charge in [-0.3, -0.25) is 5.10 Å². The number of benzene rings is 1. The van der Waals surface area contributed by atoms with Crippen LogP contribution >= 0.6 is 0 Å². The van der Waals surface area contributed by atoms with E-state index in [0.29, 0.717) is 5.92 Å². The third-order valence-electron chi connectivity index (χ3n) is 6.74. The number of ether oxygens (including phenoxy) is 3. The van der Waals surface area contributed by atoms with Gasteiger partial charge in [-0.2, -0.15) is 5.10 Å². The summed E-state index contributed by atoms with van der Waals surface area (Å²) >= 11 is 0. The van der Waals surface area contributed by atoms with Crippen molar-refractivity contribution >= 4 is 0 Å². The van der Waals surface area contributed by atoms with Crippen LogP contribution in [0.15, 0.2) is 30.5 Å². The van der Waals surface area contributed by atoms with E-state index in [9.17, 15) is 0 Å². The molecule has 0 amide bonds. The highest BCUT2D eigenvalue weighted by atomic mass is 16.5. The van der Waals surface area contributed by atoms with Crippen molar-refractivity contribution in [3.05, 3.63) is 36.0 Å². The molecule has 0 spiro atoms. The maximum atomic E-state index is 6.39. The number of aromatic nitrogens is 2. The summed E-state index contributed by atoms with van der Waals surface area (Å²) in [6, 6.07) is 8.17. The van der Waals surface area contributed by atoms with E-state index in [0.717, 1.165) is 88.6 Å². The molecule has 4 rings (SSSR count). The summed E-state index contributed by atoms with van der Waals surface area (Å²) in [5, 5.41) is 10.7. The van der Waals surface area contributed by atoms with Crippen molar-refractivity contribution in [2.75, 3.05) is 47.0 Å². The van der Waals surface area contributed by atoms with E-state index < -0.39 is 5.72 Å². The fourth-order valence-electron chi connectivity index (χ4n) is 4.62. The lowest BCUT2D eigenvalue weighted by Gasteiger charge is -2.44. The zero-order valence-electron chi connectivity index (χ0n) is 20.0. The van der Waals surface area contributed by atoms with E-state index in [1.165, 1.54) is 5.56 Å². The van der Waals surface area contributed by atoms with E-state index in [1.54, 1.807) is 0 Å². The molecule has 1 aliphatic heterocycles. The summed E-state index contributed by atoms with van der Waals surface area (Å²) in [6.45, 7) is 5.27. The van der Waals surface area contributed by atoms with Crippen molar-refractivity contribution < 1.29 is 14.2 Å². The van der Waals surface area contributed by atoms with Gasteiger partial charge in [0.05, 0.1) is 5.69 Å². The molecule has 0 bridgehead atoms. The molecule has 1 saturated heterocycles. The number of hydrogen-bond acceptors (Lipinski definition) is 7. The Labute approximate surface area is 197 Å². The Hall–Kier alpha value is -1.97. The maximum absolute atomic E-state index is 6.39. The molecule has 8 nitrogen and oxygen atoms in total. The molecule has 1 aliphatic carbocycles. The Balaban J connectivity index is 1.22. The summed E-state index contributed by atoms with van der Waals surface area (Å²) in [5.74, 6) is 1.56. The molecule has 8 heteroatoms. The Bertz CT molecular complexity index is 844. The van der Waals surface area contributed by atoms with Crippen molar-refractivity contribution in [1.82, 2.24) is 20.4 Å². The van der Waals surface area contributed by atoms with E-state index >= 15 is 0 Å². The zero-order chi connectivity index (χ0) is 23.1. The van der Waals surface area contributed by atoms with Gasteiger partial charge >= 0.3 is 0 Å². The lowest BCUT2D eigenvalue weighted by molar-refractivity contribution is -0.147. The first-order valence-electron chi connectivity index (χ1n) is 12.2. The first-order valence-corrected chi connectivity index (χ1v) is 12.2. The molecule has 0 radical (unpaired) electrons. The van der Waals surface area contributed by atoms with Crippen LogP contribution in [0.1, 0.15) is 37.7 Å². The van der Waals surface area contributed by atoms with Crippen molar-refractivity contribution in [2.24, 2.45) is 11.7 Å². The molecule has 2 fully saturated rings. The number of nitrogens with one attached hydrogen (secondary N) is 2. The van der Waals surface area contributed by atoms with Gasteiger partial charge in [0.2, 0.25) is 0 Å². The van der Waals surface area contributed by atoms with Gasteiger partial charge in [0, 0.05) is 69.6 Å². The molecule has 33 heavy (non-hydrogen) atoms. The van der Waals surface area contributed by atoms with Crippen molar-refractivity contribution in [1.29, 1.82) is 0 Å². The number of likely N-dealkylation sites (N-methyl/N-ethyl adjacent to an activating group) is 2. The lowest BCUT2D eigenvalue weighted by Crippen LogP contribution is -2.58. The minimum absolute atomic E-state index is 0.102. The monoisotopic (exact) mass is 457 g/mol. The molecule has 1 aromatic heterocycles. The van der Waals surface area contributed by atoms with Gasteiger partial charge in [-0.1, -0.05) is 0 Å². The highest BCUT2D eigenvalue weighted by Gasteiger charge is 2.43. The molecular formula is C25H39N5O3. The average molecular weight is 458 g/mol. The minimum atomic E-state index is -0.543. The average Bonchev–Trinajstić information content (AvgIpc) is 3.26. The molecule has 182 valence electrons. The van der Waals surface area contributed by atoms with E-state index in [4.69, 9.17) is 19.9 Å². The molecule has 2 aromatic rings. The number of H-pyrrole nitrogens is 1. The third kappa shape index (κ3) is 6.77. The second-order valence-electron chi connectivity index (χ2n) is 9.53. The van der Waals surface area contributed by atoms with Gasteiger partial charge in [-0.25, -0.2) is 0 Å². The Morgan fingerprint density at radius 1 is 1.24 bits per heavy atom. The molecule has 1 saturated carbocycles. The predicted molar refractivity (Wildman–Crippen MR) is 129 cm³/mol. The molecule has 1 aromatic carbocycles. The molecule has 0 unspecified atom stereocenters. The van der Waals surface area contributed by atoms with Crippen LogP contribution < -0.4 is 15.8 Å². The summed E-state index contributed by atoms with van der Waals surface area (Å²) in [6.07, 6.45) is 6.87. The number of aromatic amines is 1. The van der Waals surface area contributed by atoms with Crippen LogP contribution in [-0.4, -0.2) is 73.9 Å². The van der Waals surface area contributed by atoms with Gasteiger partial charge in [-0.05, 0) is 63.5 Å². The SMILES string of the molecule is CNCCN(C)Cc1c[nH]nc1-c1ccc(O[C@H]2C[C@](N)(OCCC3CCOCC3)C2)cc1. The standard InChI is InChI=1S/C25H39N5O3/c1-27-10-11-30(2)18-21-17-28-29-24(21)20-3-5-22(6-4-20)33-23-15-25(26,16-23)32-14-9-19-7-12-31-13-8-19/h3-6,17,19,23,27H,7-16,18,26H2,1-2H3,(H,28,29)/t23-,25-. The summed E-state index contributed by atoms with van der Waals surface area (Å²) in [5.41, 5.74) is 9.10. The predicted octanol–water partition coefficient (Wildman–Crippen LogP) is 2.76. The Morgan fingerprint density at radius 3 is 2.73 bits per heavy atom. The van der Waals surface area contributed by atoms with Gasteiger partial charge in [0.25, 0.3) is 0 Å². The van der Waals surface area contributed by atoms with Crippen LogP contribution in [-0.2, 0) is 16.0 Å². The molecular weight excluding hydrogens is 418 g/mol. The number of nitrogens with zero attached hydrogens (tertiary/aromatic N) is 2. The third-order valence-corrected chi connectivity index (χ3v) is 6.74. The second kappa shape index (κ2) is 11.4. The molecule has 4 N–H and O–H groups in total. The van der Waals surface area contributed by atoms with Gasteiger partial charge in [0.1, 0.15) is 17.6 Å². The van der Waals surface area contributed by atoms with Crippen LogP contribution in [0, 0.1) is 5.92 Å². The largest absolute Gasteiger partial charge is 0.490 e. The van der Waals surface area contributed by atoms with Crippen LogP contribution in [0.3, 0.4) is 0 Å². The van der Waals surface area contributed by atoms with Crippen LogP contribution in [0.4, 0.5) is 0 Å². The Kier molecular flexibility index (Phi) is 8.38. The van der Waals surface area contributed by atoms with Crippen LogP contribution in [0.2, 0.25) is 0 Å². The van der Waals surface area contributed by atoms with Crippen molar-refractivity contribution in [2.45, 2.75) is 50.5 Å². The number of rotatable bonds is 12. The van der Waals surface area contributed by atoms with Gasteiger partial charge in [-0.15, -0.1) is 0 Å². The quantitative estimate of drug-likeness (QED) is 0.422. The normalized spacial score (nSPS) is 23.6. The fourth-order valence-corrected chi connectivity index (χ4v) is 4.62. The number of hydrogen-bond donors (Lipinski definition) is 3. The van der Waals surface area contributed by atoms with E-state index in [-0.39, 0.29) is 6.10 Å². The highest BCUT2D eigenvalue weighted by Crippen LogP contribution is 2.35. The van der Waals surface area contributed by atoms with E-state index in [1.807, 2.05) is 25.4 Å². The summed E-state index contributed by atoms with van der Waals surface area (Å²) in [7, 11) is 4.09. The Morgan fingerprint density at radius 2 is 2.00 bits per heavy atom. The summed E-state index contributed by atoms with van der Waals surface area (Å²) in [4.78, 5) is 2.28. The van der Waals surface area contributed by atoms with E-state index in [2.05, 4.69) is 39.6 Å². The lowest BCUT2D eigenvalue weighted by atomic mass is 9.85. The molecule has 0 atom stereocenters. The minimum Gasteiger partial charge on any atom is -0.490 e. The second-order valence-corrected chi connectivity index (χ2v) is 9.53. The van der Waals surface area contributed by atoms with Crippen molar-refractivity contribution in [3.8, 4) is 17.0 Å². The van der Waals surface area contributed by atoms with Crippen molar-refractivity contribution in [3.63, 3.8) is 0 Å². The first kappa shape index (κ1) is 24.2. The summed E-state index contributed by atoms with van der Waals surface area (Å²) < 4.78 is 17.6. The van der Waals surface area contributed by atoms with Gasteiger partial charge in [0.15, 0.2) is 0 Å². The smallest absolute Gasteiger partial charge is 0.123 e. The fraction of sp³-hybridized carbons (Fsp3) is 0.640. The van der Waals surface area contributed by atoms with Crippen LogP contribution in [0.5, 0.6) is 5.75 Å². The topological polar surface area (TPSA) is 97.7 Å². The highest BCUT2D eigenvalue weighted by molar-refractivity contribution is 5.63. The van der Waals surface area contributed by atoms with Gasteiger partial charge < -0.3 is 30.2 Å². The number of nitrogens with two attached hydrogens (primary N) is 1. The van der Waals surface area contributed by atoms with Crippen LogP contribution in [0.25, 0.3) is 11.3 Å². The maximum Gasteiger partial charge on any atom is 0.123 e. The first-order chi connectivity index (χ1) is 16.0. The molecule has 2 aliphatic rings.